The third kappa shape index (κ3) is 6.48. The largest absolute Gasteiger partial charge is 0.324 e. The van der Waals surface area contributed by atoms with Gasteiger partial charge < -0.3 is 5.32 Å². The topological polar surface area (TPSA) is 32.3 Å². The number of aryl methyl sites for hydroxylation is 2. The van der Waals surface area contributed by atoms with E-state index in [1.54, 1.807) is 11.8 Å². The molecule has 1 saturated heterocycles. The van der Waals surface area contributed by atoms with Gasteiger partial charge in [0.05, 0.1) is 6.04 Å². The van der Waals surface area contributed by atoms with Crippen molar-refractivity contribution >= 4 is 23.4 Å². The quantitative estimate of drug-likeness (QED) is 0.822. The number of hydrogen-bond donors (Lipinski definition) is 1. The Balaban J connectivity index is 0.000000891. The molecule has 2 rings (SSSR count). The molecular weight excluding hydrogens is 316 g/mol. The van der Waals surface area contributed by atoms with Crippen LogP contribution in [0.5, 0.6) is 0 Å². The second-order valence-corrected chi connectivity index (χ2v) is 7.38. The Bertz CT molecular complexity index is 484. The fourth-order valence-electron chi connectivity index (χ4n) is 3.13. The van der Waals surface area contributed by atoms with Crippen molar-refractivity contribution in [2.24, 2.45) is 0 Å². The number of para-hydroxylation sites is 1. The molecule has 1 amide bonds. The first kappa shape index (κ1) is 21.0. The van der Waals surface area contributed by atoms with Crippen molar-refractivity contribution in [3.8, 4) is 0 Å². The number of nitrogens with zero attached hydrogens (tertiary/aromatic N) is 1. The predicted octanol–water partition coefficient (Wildman–Crippen LogP) is 4.88. The minimum absolute atomic E-state index is 0.0457. The van der Waals surface area contributed by atoms with Gasteiger partial charge in [0.2, 0.25) is 5.91 Å². The first-order valence-electron chi connectivity index (χ1n) is 9.06. The van der Waals surface area contributed by atoms with Crippen LogP contribution in [-0.2, 0) is 4.79 Å². The maximum atomic E-state index is 12.7. The van der Waals surface area contributed by atoms with Crippen molar-refractivity contribution in [1.82, 2.24) is 4.90 Å². The number of thioether (sulfide) groups is 1. The molecule has 0 aromatic heterocycles. The van der Waals surface area contributed by atoms with E-state index in [4.69, 9.17) is 0 Å². The molecule has 1 heterocycles. The number of likely N-dealkylation sites (tertiary alicyclic amines) is 1. The SMILES string of the molecule is CCCCN1CCCCC1C(=O)Nc1c(C)cccc1C.CSC. The number of hydrogen-bond acceptors (Lipinski definition) is 3. The zero-order valence-electron chi connectivity index (χ0n) is 16.0. The summed E-state index contributed by atoms with van der Waals surface area (Å²) in [5.74, 6) is 0.170. The summed E-state index contributed by atoms with van der Waals surface area (Å²) in [6.07, 6.45) is 9.81. The van der Waals surface area contributed by atoms with Crippen LogP contribution in [0.2, 0.25) is 0 Å². The van der Waals surface area contributed by atoms with Crippen molar-refractivity contribution in [3.05, 3.63) is 29.3 Å². The van der Waals surface area contributed by atoms with Crippen molar-refractivity contribution in [2.75, 3.05) is 30.9 Å². The molecule has 4 heteroatoms. The number of amides is 1. The Labute approximate surface area is 152 Å². The molecule has 0 saturated carbocycles. The van der Waals surface area contributed by atoms with Crippen LogP contribution in [0.15, 0.2) is 18.2 Å². The third-order valence-electron chi connectivity index (χ3n) is 4.44. The molecule has 1 aromatic rings. The van der Waals surface area contributed by atoms with Gasteiger partial charge in [0.25, 0.3) is 0 Å². The van der Waals surface area contributed by atoms with Crippen molar-refractivity contribution in [1.29, 1.82) is 0 Å². The van der Waals surface area contributed by atoms with E-state index in [1.807, 2.05) is 18.6 Å². The minimum atomic E-state index is 0.0457. The highest BCUT2D eigenvalue weighted by Gasteiger charge is 2.28. The van der Waals surface area contributed by atoms with Gasteiger partial charge in [0, 0.05) is 5.69 Å². The Morgan fingerprint density at radius 2 is 1.88 bits per heavy atom. The van der Waals surface area contributed by atoms with Gasteiger partial charge in [-0.25, -0.2) is 0 Å². The number of rotatable bonds is 5. The second kappa shape index (κ2) is 11.5. The van der Waals surface area contributed by atoms with Gasteiger partial charge in [-0.15, -0.1) is 0 Å². The maximum absolute atomic E-state index is 12.7. The van der Waals surface area contributed by atoms with Crippen LogP contribution in [-0.4, -0.2) is 42.4 Å². The summed E-state index contributed by atoms with van der Waals surface area (Å²) in [7, 11) is 0. The van der Waals surface area contributed by atoms with Gasteiger partial charge in [-0.2, -0.15) is 11.8 Å². The molecule has 0 spiro atoms. The molecule has 1 aromatic carbocycles. The molecule has 24 heavy (non-hydrogen) atoms. The van der Waals surface area contributed by atoms with Gasteiger partial charge in [-0.05, 0) is 69.8 Å². The highest BCUT2D eigenvalue weighted by atomic mass is 32.2. The van der Waals surface area contributed by atoms with Crippen LogP contribution in [0.3, 0.4) is 0 Å². The predicted molar refractivity (Wildman–Crippen MR) is 108 cm³/mol. The number of nitrogens with one attached hydrogen (secondary N) is 1. The van der Waals surface area contributed by atoms with Gasteiger partial charge >= 0.3 is 0 Å². The molecule has 1 aliphatic heterocycles. The highest BCUT2D eigenvalue weighted by molar-refractivity contribution is 7.97. The molecule has 1 unspecified atom stereocenters. The van der Waals surface area contributed by atoms with E-state index in [2.05, 4.69) is 43.1 Å². The first-order chi connectivity index (χ1) is 11.5. The molecule has 3 nitrogen and oxygen atoms in total. The Hall–Kier alpha value is -1.00. The standard InChI is InChI=1S/C18H28N2O.C2H6S/c1-4-5-12-20-13-7-6-11-16(20)18(21)19-17-14(2)9-8-10-15(17)3;1-3-2/h8-10,16H,4-7,11-13H2,1-3H3,(H,19,21);1-2H3. The first-order valence-corrected chi connectivity index (χ1v) is 10.7. The van der Waals surface area contributed by atoms with Crippen LogP contribution in [0, 0.1) is 13.8 Å². The number of unbranched alkanes of at least 4 members (excludes halogenated alkanes) is 1. The van der Waals surface area contributed by atoms with Gasteiger partial charge in [0.15, 0.2) is 0 Å². The number of benzene rings is 1. The lowest BCUT2D eigenvalue weighted by Gasteiger charge is -2.34. The van der Waals surface area contributed by atoms with E-state index < -0.39 is 0 Å². The lowest BCUT2D eigenvalue weighted by molar-refractivity contribution is -0.122. The molecule has 0 radical (unpaired) electrons. The maximum Gasteiger partial charge on any atom is 0.241 e. The van der Waals surface area contributed by atoms with E-state index in [9.17, 15) is 4.79 Å². The normalized spacial score (nSPS) is 17.8. The van der Waals surface area contributed by atoms with E-state index in [-0.39, 0.29) is 11.9 Å². The smallest absolute Gasteiger partial charge is 0.241 e. The fraction of sp³-hybridized carbons (Fsp3) is 0.650. The summed E-state index contributed by atoms with van der Waals surface area (Å²) in [5, 5.41) is 3.17. The van der Waals surface area contributed by atoms with Crippen molar-refractivity contribution < 1.29 is 4.79 Å². The summed E-state index contributed by atoms with van der Waals surface area (Å²) in [4.78, 5) is 15.1. The van der Waals surface area contributed by atoms with Crippen LogP contribution < -0.4 is 5.32 Å². The van der Waals surface area contributed by atoms with Crippen LogP contribution in [0.4, 0.5) is 5.69 Å². The van der Waals surface area contributed by atoms with E-state index >= 15 is 0 Å². The zero-order valence-corrected chi connectivity index (χ0v) is 16.8. The fourth-order valence-corrected chi connectivity index (χ4v) is 3.13. The molecule has 136 valence electrons. The lowest BCUT2D eigenvalue weighted by Crippen LogP contribution is -2.47. The molecule has 1 N–H and O–H groups in total. The molecule has 1 aliphatic rings. The molecule has 1 atom stereocenters. The molecule has 0 bridgehead atoms. The summed E-state index contributed by atoms with van der Waals surface area (Å²) in [5.41, 5.74) is 3.27. The number of carbonyl (C=O) groups excluding carboxylic acids is 1. The average Bonchev–Trinajstić information content (AvgIpc) is 2.57. The average molecular weight is 351 g/mol. The van der Waals surface area contributed by atoms with Crippen molar-refractivity contribution in [2.45, 2.75) is 58.9 Å². The molecule has 0 aliphatic carbocycles. The Morgan fingerprint density at radius 3 is 2.46 bits per heavy atom. The molecular formula is C20H34N2OS. The monoisotopic (exact) mass is 350 g/mol. The summed E-state index contributed by atoms with van der Waals surface area (Å²) >= 11 is 1.75. The van der Waals surface area contributed by atoms with E-state index in [0.29, 0.717) is 0 Å². The lowest BCUT2D eigenvalue weighted by atomic mass is 10.00. The van der Waals surface area contributed by atoms with Gasteiger partial charge in [0.1, 0.15) is 0 Å². The Morgan fingerprint density at radius 1 is 1.25 bits per heavy atom. The van der Waals surface area contributed by atoms with Crippen LogP contribution in [0.25, 0.3) is 0 Å². The van der Waals surface area contributed by atoms with Crippen LogP contribution in [0.1, 0.15) is 50.2 Å². The summed E-state index contributed by atoms with van der Waals surface area (Å²) in [6, 6.07) is 6.19. The van der Waals surface area contributed by atoms with E-state index in [1.165, 1.54) is 19.3 Å². The second-order valence-electron chi connectivity index (χ2n) is 6.57. The summed E-state index contributed by atoms with van der Waals surface area (Å²) in [6.45, 7) is 8.42. The third-order valence-corrected chi connectivity index (χ3v) is 4.44. The van der Waals surface area contributed by atoms with Gasteiger partial charge in [-0.3, -0.25) is 9.69 Å². The van der Waals surface area contributed by atoms with Crippen LogP contribution >= 0.6 is 11.8 Å². The van der Waals surface area contributed by atoms with E-state index in [0.717, 1.165) is 42.7 Å². The molecule has 1 fully saturated rings. The van der Waals surface area contributed by atoms with Gasteiger partial charge in [-0.1, -0.05) is 38.0 Å². The number of carbonyl (C=O) groups is 1. The number of anilines is 1. The number of piperidine rings is 1. The minimum Gasteiger partial charge on any atom is -0.324 e. The zero-order chi connectivity index (χ0) is 17.9. The summed E-state index contributed by atoms with van der Waals surface area (Å²) < 4.78 is 0. The van der Waals surface area contributed by atoms with Crippen molar-refractivity contribution in [3.63, 3.8) is 0 Å². The Kier molecular flexibility index (Phi) is 10.1. The highest BCUT2D eigenvalue weighted by Crippen LogP contribution is 2.23.